The molecule has 4 heteroatoms. The quantitative estimate of drug-likeness (QED) is 0.780. The summed E-state index contributed by atoms with van der Waals surface area (Å²) in [5.41, 5.74) is 1.74. The number of benzene rings is 1. The van der Waals surface area contributed by atoms with Crippen LogP contribution in [0.25, 0.3) is 0 Å². The summed E-state index contributed by atoms with van der Waals surface area (Å²) in [5, 5.41) is 6.45. The molecule has 90 valence electrons. The minimum atomic E-state index is 0.0899. The van der Waals surface area contributed by atoms with Gasteiger partial charge in [0.25, 0.3) is 0 Å². The fourth-order valence-electron chi connectivity index (χ4n) is 2.81. The molecule has 4 nitrogen and oxygen atoms in total. The van der Waals surface area contributed by atoms with Crippen molar-refractivity contribution >= 4 is 17.3 Å². The zero-order valence-electron chi connectivity index (χ0n) is 9.82. The van der Waals surface area contributed by atoms with Crippen molar-refractivity contribution in [1.82, 2.24) is 0 Å². The van der Waals surface area contributed by atoms with Crippen LogP contribution in [0.1, 0.15) is 19.3 Å². The lowest BCUT2D eigenvalue weighted by Crippen LogP contribution is -2.30. The molecule has 1 aliphatic heterocycles. The highest BCUT2D eigenvalue weighted by atomic mass is 16.5. The summed E-state index contributed by atoms with van der Waals surface area (Å²) in [5.74, 6) is 0.915. The monoisotopic (exact) mass is 232 g/mol. The molecule has 0 saturated heterocycles. The van der Waals surface area contributed by atoms with Crippen LogP contribution in [0.3, 0.4) is 0 Å². The first-order chi connectivity index (χ1) is 8.29. The number of ether oxygens (including phenoxy) is 1. The Kier molecular flexibility index (Phi) is 2.42. The average molecular weight is 232 g/mol. The Balaban J connectivity index is 2.03. The third-order valence-electron chi connectivity index (χ3n) is 3.69. The number of para-hydroxylation sites is 1. The smallest absolute Gasteiger partial charge is 0.229 e. The van der Waals surface area contributed by atoms with Crippen LogP contribution < -0.4 is 15.4 Å². The average Bonchev–Trinajstić information content (AvgIpc) is 2.74. The van der Waals surface area contributed by atoms with Gasteiger partial charge in [0, 0.05) is 6.04 Å². The van der Waals surface area contributed by atoms with Gasteiger partial charge in [0.1, 0.15) is 11.4 Å². The zero-order valence-corrected chi connectivity index (χ0v) is 9.82. The molecular weight excluding hydrogens is 216 g/mol. The van der Waals surface area contributed by atoms with E-state index in [1.54, 1.807) is 7.11 Å². The number of carbonyl (C=O) groups excluding carboxylic acids is 1. The molecule has 0 spiro atoms. The van der Waals surface area contributed by atoms with Gasteiger partial charge in [0.05, 0.1) is 18.7 Å². The fraction of sp³-hybridized carbons (Fsp3) is 0.462. The lowest BCUT2D eigenvalue weighted by Gasteiger charge is -2.16. The molecule has 1 saturated carbocycles. The normalized spacial score (nSPS) is 26.3. The third kappa shape index (κ3) is 1.64. The SMILES string of the molecule is COc1cccc2c1NC(=O)C1CCCC1N2. The van der Waals surface area contributed by atoms with Gasteiger partial charge in [-0.25, -0.2) is 0 Å². The number of anilines is 2. The van der Waals surface area contributed by atoms with E-state index in [1.165, 1.54) is 0 Å². The number of rotatable bonds is 1. The highest BCUT2D eigenvalue weighted by molar-refractivity contribution is 6.00. The molecule has 0 bridgehead atoms. The molecule has 1 aromatic rings. The fourth-order valence-corrected chi connectivity index (χ4v) is 2.81. The molecule has 0 radical (unpaired) electrons. The highest BCUT2D eigenvalue weighted by Gasteiger charge is 2.36. The number of amides is 1. The predicted molar refractivity (Wildman–Crippen MR) is 66.4 cm³/mol. The molecule has 1 fully saturated rings. The van der Waals surface area contributed by atoms with E-state index < -0.39 is 0 Å². The molecule has 2 unspecified atom stereocenters. The number of carbonyl (C=O) groups is 1. The highest BCUT2D eigenvalue weighted by Crippen LogP contribution is 2.39. The Morgan fingerprint density at radius 1 is 1.35 bits per heavy atom. The van der Waals surface area contributed by atoms with E-state index in [-0.39, 0.29) is 17.9 Å². The topological polar surface area (TPSA) is 50.4 Å². The molecule has 17 heavy (non-hydrogen) atoms. The Morgan fingerprint density at radius 2 is 2.24 bits per heavy atom. The minimum absolute atomic E-state index is 0.0899. The first kappa shape index (κ1) is 10.4. The predicted octanol–water partition coefficient (Wildman–Crippen LogP) is 2.23. The number of methoxy groups -OCH3 is 1. The van der Waals surface area contributed by atoms with Crippen LogP contribution in [-0.4, -0.2) is 19.1 Å². The maximum Gasteiger partial charge on any atom is 0.229 e. The molecule has 1 heterocycles. The van der Waals surface area contributed by atoms with Crippen molar-refractivity contribution in [3.05, 3.63) is 18.2 Å². The molecule has 2 atom stereocenters. The van der Waals surface area contributed by atoms with Gasteiger partial charge in [-0.1, -0.05) is 12.5 Å². The largest absolute Gasteiger partial charge is 0.494 e. The Hall–Kier alpha value is -1.71. The Labute approximate surface area is 100 Å². The molecule has 1 aliphatic carbocycles. The first-order valence-electron chi connectivity index (χ1n) is 6.04. The van der Waals surface area contributed by atoms with Crippen molar-refractivity contribution < 1.29 is 9.53 Å². The van der Waals surface area contributed by atoms with Gasteiger partial charge >= 0.3 is 0 Å². The first-order valence-corrected chi connectivity index (χ1v) is 6.04. The van der Waals surface area contributed by atoms with Gasteiger partial charge in [0.2, 0.25) is 5.91 Å². The lowest BCUT2D eigenvalue weighted by molar-refractivity contribution is -0.119. The molecule has 3 rings (SSSR count). The second kappa shape index (κ2) is 3.95. The van der Waals surface area contributed by atoms with Gasteiger partial charge in [-0.05, 0) is 25.0 Å². The molecule has 2 N–H and O–H groups in total. The molecule has 2 aliphatic rings. The van der Waals surface area contributed by atoms with Crippen LogP contribution in [0.4, 0.5) is 11.4 Å². The summed E-state index contributed by atoms with van der Waals surface area (Å²) in [6.45, 7) is 0. The Morgan fingerprint density at radius 3 is 3.06 bits per heavy atom. The van der Waals surface area contributed by atoms with E-state index in [0.29, 0.717) is 5.75 Å². The van der Waals surface area contributed by atoms with Crippen LogP contribution >= 0.6 is 0 Å². The maximum absolute atomic E-state index is 12.1. The van der Waals surface area contributed by atoms with Crippen molar-refractivity contribution in [1.29, 1.82) is 0 Å². The summed E-state index contributed by atoms with van der Waals surface area (Å²) < 4.78 is 5.28. The maximum atomic E-state index is 12.1. The molecular formula is C13H16N2O2. The van der Waals surface area contributed by atoms with Crippen LogP contribution in [0, 0.1) is 5.92 Å². The summed E-state index contributed by atoms with van der Waals surface area (Å²) in [7, 11) is 1.62. The van der Waals surface area contributed by atoms with Crippen molar-refractivity contribution in [3.8, 4) is 5.75 Å². The van der Waals surface area contributed by atoms with Crippen molar-refractivity contribution in [2.24, 2.45) is 5.92 Å². The standard InChI is InChI=1S/C13H16N2O2/c1-17-11-7-3-6-10-12(11)15-13(16)8-4-2-5-9(8)14-10/h3,6-9,14H,2,4-5H2,1H3,(H,15,16). The van der Waals surface area contributed by atoms with Gasteiger partial charge in [-0.15, -0.1) is 0 Å². The van der Waals surface area contributed by atoms with Crippen LogP contribution in [0.15, 0.2) is 18.2 Å². The second-order valence-electron chi connectivity index (χ2n) is 4.66. The Bertz CT molecular complexity index is 459. The van der Waals surface area contributed by atoms with Crippen LogP contribution in [-0.2, 0) is 4.79 Å². The van der Waals surface area contributed by atoms with E-state index in [0.717, 1.165) is 30.6 Å². The van der Waals surface area contributed by atoms with E-state index in [4.69, 9.17) is 4.74 Å². The zero-order chi connectivity index (χ0) is 11.8. The van der Waals surface area contributed by atoms with E-state index in [1.807, 2.05) is 18.2 Å². The number of hydrogen-bond acceptors (Lipinski definition) is 3. The van der Waals surface area contributed by atoms with Crippen molar-refractivity contribution in [3.63, 3.8) is 0 Å². The molecule has 0 aromatic heterocycles. The van der Waals surface area contributed by atoms with Gasteiger partial charge in [0.15, 0.2) is 0 Å². The minimum Gasteiger partial charge on any atom is -0.494 e. The van der Waals surface area contributed by atoms with Gasteiger partial charge in [-0.2, -0.15) is 0 Å². The van der Waals surface area contributed by atoms with E-state index >= 15 is 0 Å². The number of fused-ring (bicyclic) bond motifs is 2. The van der Waals surface area contributed by atoms with Crippen LogP contribution in [0.2, 0.25) is 0 Å². The summed E-state index contributed by atoms with van der Waals surface area (Å²) in [6.07, 6.45) is 3.16. The van der Waals surface area contributed by atoms with Crippen molar-refractivity contribution in [2.75, 3.05) is 17.7 Å². The summed E-state index contributed by atoms with van der Waals surface area (Å²) in [6, 6.07) is 6.05. The molecule has 1 aromatic carbocycles. The number of hydrogen-bond donors (Lipinski definition) is 2. The molecule has 1 amide bonds. The number of nitrogens with one attached hydrogen (secondary N) is 2. The van der Waals surface area contributed by atoms with E-state index in [9.17, 15) is 4.79 Å². The summed E-state index contributed by atoms with van der Waals surface area (Å²) in [4.78, 5) is 12.1. The van der Waals surface area contributed by atoms with E-state index in [2.05, 4.69) is 10.6 Å². The van der Waals surface area contributed by atoms with Crippen molar-refractivity contribution in [2.45, 2.75) is 25.3 Å². The summed E-state index contributed by atoms with van der Waals surface area (Å²) >= 11 is 0. The van der Waals surface area contributed by atoms with Gasteiger partial charge in [-0.3, -0.25) is 4.79 Å². The second-order valence-corrected chi connectivity index (χ2v) is 4.66. The lowest BCUT2D eigenvalue weighted by atomic mass is 10.0. The van der Waals surface area contributed by atoms with Crippen LogP contribution in [0.5, 0.6) is 5.75 Å². The third-order valence-corrected chi connectivity index (χ3v) is 3.69. The van der Waals surface area contributed by atoms with Gasteiger partial charge < -0.3 is 15.4 Å².